The maximum absolute atomic E-state index is 12.1. The molecule has 0 aliphatic heterocycles. The fraction of sp³-hybridized carbons (Fsp3) is 0.333. The number of nitrogens with zero attached hydrogens (tertiary/aromatic N) is 1. The van der Waals surface area contributed by atoms with Gasteiger partial charge < -0.3 is 11.1 Å². The lowest BCUT2D eigenvalue weighted by Gasteiger charge is -2.25. The van der Waals surface area contributed by atoms with E-state index in [1.807, 2.05) is 36.7 Å². The monoisotopic (exact) mass is 281 g/mol. The van der Waals surface area contributed by atoms with Gasteiger partial charge in [-0.2, -0.15) is 0 Å². The normalized spacial score (nSPS) is 13.3. The molecular weight excluding hydrogens is 266 g/mol. The molecule has 0 radical (unpaired) electrons. The van der Waals surface area contributed by atoms with Gasteiger partial charge in [-0.15, -0.1) is 22.7 Å². The van der Waals surface area contributed by atoms with Crippen LogP contribution < -0.4 is 11.1 Å². The summed E-state index contributed by atoms with van der Waals surface area (Å²) in [6.07, 6.45) is 1.73. The molecule has 1 unspecified atom stereocenters. The van der Waals surface area contributed by atoms with E-state index in [1.54, 1.807) is 6.20 Å². The summed E-state index contributed by atoms with van der Waals surface area (Å²) in [7, 11) is 0. The predicted octanol–water partition coefficient (Wildman–Crippen LogP) is 2.26. The van der Waals surface area contributed by atoms with Gasteiger partial charge in [-0.1, -0.05) is 6.07 Å². The molecule has 0 fully saturated rings. The van der Waals surface area contributed by atoms with E-state index in [1.165, 1.54) is 22.7 Å². The number of amides is 1. The first-order chi connectivity index (χ1) is 8.50. The van der Waals surface area contributed by atoms with Gasteiger partial charge in [0.25, 0.3) is 0 Å². The molecule has 0 aliphatic rings. The molecule has 0 saturated heterocycles. The first kappa shape index (κ1) is 13.2. The number of hydrogen-bond donors (Lipinski definition) is 2. The highest BCUT2D eigenvalue weighted by Crippen LogP contribution is 2.24. The van der Waals surface area contributed by atoms with Crippen molar-refractivity contribution in [2.24, 2.45) is 5.73 Å². The second kappa shape index (κ2) is 5.17. The third kappa shape index (κ3) is 2.77. The van der Waals surface area contributed by atoms with E-state index < -0.39 is 11.6 Å². The first-order valence-electron chi connectivity index (χ1n) is 5.51. The lowest BCUT2D eigenvalue weighted by molar-refractivity contribution is -0.124. The SMILES string of the molecule is CC(C)(NC(=O)C(N)c1cccs1)c1nccs1. The zero-order valence-electron chi connectivity index (χ0n) is 10.2. The molecule has 1 atom stereocenters. The summed E-state index contributed by atoms with van der Waals surface area (Å²) in [5, 5.41) is 7.61. The largest absolute Gasteiger partial charge is 0.343 e. The van der Waals surface area contributed by atoms with Crippen molar-refractivity contribution < 1.29 is 4.79 Å². The lowest BCUT2D eigenvalue weighted by atomic mass is 10.1. The quantitative estimate of drug-likeness (QED) is 0.903. The number of aromatic nitrogens is 1. The van der Waals surface area contributed by atoms with Crippen LogP contribution in [0.1, 0.15) is 29.8 Å². The van der Waals surface area contributed by atoms with Crippen LogP contribution in [0.2, 0.25) is 0 Å². The summed E-state index contributed by atoms with van der Waals surface area (Å²) in [6.45, 7) is 3.84. The van der Waals surface area contributed by atoms with Crippen LogP contribution in [-0.4, -0.2) is 10.9 Å². The Morgan fingerprint density at radius 2 is 2.22 bits per heavy atom. The summed E-state index contributed by atoms with van der Waals surface area (Å²) < 4.78 is 0. The van der Waals surface area contributed by atoms with Crippen molar-refractivity contribution in [3.05, 3.63) is 39.0 Å². The van der Waals surface area contributed by atoms with Gasteiger partial charge in [-0.3, -0.25) is 4.79 Å². The highest BCUT2D eigenvalue weighted by molar-refractivity contribution is 7.10. The van der Waals surface area contributed by atoms with E-state index >= 15 is 0 Å². The van der Waals surface area contributed by atoms with Crippen molar-refractivity contribution in [2.75, 3.05) is 0 Å². The van der Waals surface area contributed by atoms with Gasteiger partial charge in [0.1, 0.15) is 11.0 Å². The Labute approximate surface area is 114 Å². The fourth-order valence-corrected chi connectivity index (χ4v) is 3.01. The van der Waals surface area contributed by atoms with Crippen LogP contribution in [0.5, 0.6) is 0 Å². The topological polar surface area (TPSA) is 68.0 Å². The van der Waals surface area contributed by atoms with Crippen LogP contribution in [0, 0.1) is 0 Å². The number of thiazole rings is 1. The minimum atomic E-state index is -0.621. The van der Waals surface area contributed by atoms with E-state index in [2.05, 4.69) is 10.3 Å². The maximum Gasteiger partial charge on any atom is 0.243 e. The van der Waals surface area contributed by atoms with Crippen molar-refractivity contribution in [2.45, 2.75) is 25.4 Å². The Bertz CT molecular complexity index is 505. The lowest BCUT2D eigenvalue weighted by Crippen LogP contribution is -2.45. The molecule has 2 aromatic rings. The van der Waals surface area contributed by atoms with Gasteiger partial charge >= 0.3 is 0 Å². The molecule has 0 spiro atoms. The molecular formula is C12H15N3OS2. The van der Waals surface area contributed by atoms with Gasteiger partial charge in [-0.05, 0) is 25.3 Å². The van der Waals surface area contributed by atoms with Crippen LogP contribution in [0.4, 0.5) is 0 Å². The molecule has 4 nitrogen and oxygen atoms in total. The second-order valence-corrected chi connectivity index (χ2v) is 6.32. The van der Waals surface area contributed by atoms with Crippen LogP contribution in [0.15, 0.2) is 29.1 Å². The van der Waals surface area contributed by atoms with E-state index in [9.17, 15) is 4.79 Å². The van der Waals surface area contributed by atoms with Gasteiger partial charge in [0, 0.05) is 16.5 Å². The van der Waals surface area contributed by atoms with Crippen LogP contribution >= 0.6 is 22.7 Å². The standard InChI is InChI=1S/C12H15N3OS2/c1-12(2,11-14-5-7-18-11)15-10(16)9(13)8-4-3-6-17-8/h3-7,9H,13H2,1-2H3,(H,15,16). The Balaban J connectivity index is 2.08. The summed E-state index contributed by atoms with van der Waals surface area (Å²) >= 11 is 3.00. The van der Waals surface area contributed by atoms with Crippen molar-refractivity contribution in [3.8, 4) is 0 Å². The summed E-state index contributed by atoms with van der Waals surface area (Å²) in [5.41, 5.74) is 5.43. The third-order valence-corrected chi connectivity index (χ3v) is 4.59. The molecule has 2 rings (SSSR count). The summed E-state index contributed by atoms with van der Waals surface area (Å²) in [6, 6.07) is 3.13. The number of rotatable bonds is 4. The number of thiophene rings is 1. The van der Waals surface area contributed by atoms with Crippen LogP contribution in [-0.2, 0) is 10.3 Å². The van der Waals surface area contributed by atoms with Gasteiger partial charge in [0.2, 0.25) is 5.91 Å². The van der Waals surface area contributed by atoms with Gasteiger partial charge in [0.05, 0.1) is 5.54 Å². The Morgan fingerprint density at radius 3 is 2.78 bits per heavy atom. The minimum Gasteiger partial charge on any atom is -0.343 e. The maximum atomic E-state index is 12.1. The van der Waals surface area contributed by atoms with E-state index in [-0.39, 0.29) is 5.91 Å². The number of carbonyl (C=O) groups excluding carboxylic acids is 1. The number of nitrogens with two attached hydrogens (primary N) is 1. The van der Waals surface area contributed by atoms with Crippen LogP contribution in [0.3, 0.4) is 0 Å². The molecule has 0 aromatic carbocycles. The average Bonchev–Trinajstić information content (AvgIpc) is 3.00. The Kier molecular flexibility index (Phi) is 3.79. The van der Waals surface area contributed by atoms with Gasteiger partial charge in [-0.25, -0.2) is 4.98 Å². The predicted molar refractivity (Wildman–Crippen MR) is 74.5 cm³/mol. The second-order valence-electron chi connectivity index (χ2n) is 4.44. The molecule has 0 bridgehead atoms. The van der Waals surface area contributed by atoms with Crippen molar-refractivity contribution in [1.29, 1.82) is 0 Å². The Morgan fingerprint density at radius 1 is 1.44 bits per heavy atom. The molecule has 6 heteroatoms. The molecule has 2 heterocycles. The molecule has 1 amide bonds. The van der Waals surface area contributed by atoms with E-state index in [4.69, 9.17) is 5.73 Å². The minimum absolute atomic E-state index is 0.183. The number of nitrogens with one attached hydrogen (secondary N) is 1. The molecule has 2 aromatic heterocycles. The van der Waals surface area contributed by atoms with E-state index in [0.717, 1.165) is 9.88 Å². The third-order valence-electron chi connectivity index (χ3n) is 2.53. The average molecular weight is 281 g/mol. The number of carbonyl (C=O) groups is 1. The summed E-state index contributed by atoms with van der Waals surface area (Å²) in [4.78, 5) is 17.2. The highest BCUT2D eigenvalue weighted by atomic mass is 32.1. The summed E-state index contributed by atoms with van der Waals surface area (Å²) in [5.74, 6) is -0.183. The van der Waals surface area contributed by atoms with Crippen molar-refractivity contribution in [1.82, 2.24) is 10.3 Å². The van der Waals surface area contributed by atoms with Crippen LogP contribution in [0.25, 0.3) is 0 Å². The molecule has 0 saturated carbocycles. The Hall–Kier alpha value is -1.24. The van der Waals surface area contributed by atoms with E-state index in [0.29, 0.717) is 0 Å². The molecule has 96 valence electrons. The highest BCUT2D eigenvalue weighted by Gasteiger charge is 2.28. The molecule has 0 aliphatic carbocycles. The van der Waals surface area contributed by atoms with Crippen molar-refractivity contribution >= 4 is 28.6 Å². The first-order valence-corrected chi connectivity index (χ1v) is 7.27. The molecule has 3 N–H and O–H groups in total. The zero-order valence-corrected chi connectivity index (χ0v) is 11.8. The van der Waals surface area contributed by atoms with Gasteiger partial charge in [0.15, 0.2) is 0 Å². The smallest absolute Gasteiger partial charge is 0.243 e. The zero-order chi connectivity index (χ0) is 13.2. The fourth-order valence-electron chi connectivity index (χ4n) is 1.57. The molecule has 18 heavy (non-hydrogen) atoms. The number of hydrogen-bond acceptors (Lipinski definition) is 5. The van der Waals surface area contributed by atoms with Crippen molar-refractivity contribution in [3.63, 3.8) is 0 Å².